The molecule has 0 aliphatic heterocycles. The highest BCUT2D eigenvalue weighted by Gasteiger charge is 2.20. The molecule has 0 spiro atoms. The quantitative estimate of drug-likeness (QED) is 0.721. The summed E-state index contributed by atoms with van der Waals surface area (Å²) < 4.78 is 18.0. The van der Waals surface area contributed by atoms with E-state index in [4.69, 9.17) is 4.74 Å². The van der Waals surface area contributed by atoms with E-state index in [0.717, 1.165) is 10.9 Å². The van der Waals surface area contributed by atoms with E-state index in [0.29, 0.717) is 5.69 Å². The van der Waals surface area contributed by atoms with E-state index in [9.17, 15) is 14.0 Å². The Balaban J connectivity index is 1.64. The molecule has 1 heterocycles. The Kier molecular flexibility index (Phi) is 4.29. The average Bonchev–Trinajstić information content (AvgIpc) is 3.01. The maximum absolute atomic E-state index is 12.8. The average molecular weight is 326 g/mol. The molecule has 0 aliphatic carbocycles. The number of amides is 1. The fourth-order valence-electron chi connectivity index (χ4n) is 2.24. The van der Waals surface area contributed by atoms with Gasteiger partial charge in [0.2, 0.25) is 0 Å². The van der Waals surface area contributed by atoms with Crippen molar-refractivity contribution in [2.24, 2.45) is 0 Å². The predicted octanol–water partition coefficient (Wildman–Crippen LogP) is 3.49. The van der Waals surface area contributed by atoms with Crippen LogP contribution in [0.3, 0.4) is 0 Å². The van der Waals surface area contributed by atoms with Crippen LogP contribution in [0.1, 0.15) is 17.4 Å². The molecule has 0 saturated heterocycles. The van der Waals surface area contributed by atoms with Crippen molar-refractivity contribution in [1.29, 1.82) is 0 Å². The van der Waals surface area contributed by atoms with Crippen LogP contribution >= 0.6 is 0 Å². The van der Waals surface area contributed by atoms with Gasteiger partial charge in [-0.1, -0.05) is 18.2 Å². The molecular weight excluding hydrogens is 311 g/mol. The summed E-state index contributed by atoms with van der Waals surface area (Å²) in [6, 6.07) is 14.4. The minimum absolute atomic E-state index is 0.276. The molecule has 5 nitrogen and oxygen atoms in total. The van der Waals surface area contributed by atoms with Crippen LogP contribution in [0, 0.1) is 5.82 Å². The summed E-state index contributed by atoms with van der Waals surface area (Å²) in [7, 11) is 0. The number of ether oxygens (including phenoxy) is 1. The predicted molar refractivity (Wildman–Crippen MR) is 88.2 cm³/mol. The second kappa shape index (κ2) is 6.54. The number of fused-ring (bicyclic) bond motifs is 1. The minimum atomic E-state index is -0.992. The Hall–Kier alpha value is -3.15. The molecule has 2 aromatic carbocycles. The van der Waals surface area contributed by atoms with Gasteiger partial charge in [-0.3, -0.25) is 4.79 Å². The van der Waals surface area contributed by atoms with Gasteiger partial charge in [-0.25, -0.2) is 9.18 Å². The number of halogens is 1. The summed E-state index contributed by atoms with van der Waals surface area (Å²) >= 11 is 0. The number of aromatic amines is 1. The molecule has 0 bridgehead atoms. The Bertz CT molecular complexity index is 854. The van der Waals surface area contributed by atoms with Crippen molar-refractivity contribution < 1.29 is 18.7 Å². The third-order valence-electron chi connectivity index (χ3n) is 3.51. The van der Waals surface area contributed by atoms with E-state index in [1.807, 2.05) is 24.3 Å². The lowest BCUT2D eigenvalue weighted by atomic mass is 10.2. The molecule has 0 fully saturated rings. The van der Waals surface area contributed by atoms with Crippen molar-refractivity contribution in [3.63, 3.8) is 0 Å². The largest absolute Gasteiger partial charge is 0.448 e. The highest BCUT2D eigenvalue weighted by molar-refractivity contribution is 5.98. The van der Waals surface area contributed by atoms with Crippen LogP contribution in [0.5, 0.6) is 0 Å². The first kappa shape index (κ1) is 15.7. The van der Waals surface area contributed by atoms with Gasteiger partial charge in [-0.05, 0) is 43.3 Å². The van der Waals surface area contributed by atoms with E-state index in [1.165, 1.54) is 31.2 Å². The van der Waals surface area contributed by atoms with Crippen molar-refractivity contribution in [3.8, 4) is 0 Å². The van der Waals surface area contributed by atoms with Gasteiger partial charge in [0.15, 0.2) is 6.10 Å². The van der Waals surface area contributed by atoms with Crippen LogP contribution in [0.2, 0.25) is 0 Å². The summed E-state index contributed by atoms with van der Waals surface area (Å²) in [4.78, 5) is 27.1. The second-order valence-corrected chi connectivity index (χ2v) is 5.31. The number of hydrogen-bond acceptors (Lipinski definition) is 3. The smallest absolute Gasteiger partial charge is 0.355 e. The lowest BCUT2D eigenvalue weighted by molar-refractivity contribution is -0.123. The molecule has 1 amide bonds. The summed E-state index contributed by atoms with van der Waals surface area (Å²) in [5, 5.41) is 3.44. The van der Waals surface area contributed by atoms with Crippen molar-refractivity contribution in [2.45, 2.75) is 13.0 Å². The van der Waals surface area contributed by atoms with Crippen molar-refractivity contribution in [2.75, 3.05) is 5.32 Å². The molecule has 1 aromatic heterocycles. The number of nitrogens with one attached hydrogen (secondary N) is 2. The van der Waals surface area contributed by atoms with Gasteiger partial charge in [-0.2, -0.15) is 0 Å². The van der Waals surface area contributed by atoms with E-state index in [1.54, 1.807) is 6.07 Å². The molecule has 24 heavy (non-hydrogen) atoms. The molecule has 122 valence electrons. The molecular formula is C18H15FN2O3. The molecule has 1 atom stereocenters. The maximum atomic E-state index is 12.8. The number of carbonyl (C=O) groups excluding carboxylic acids is 2. The highest BCUT2D eigenvalue weighted by Crippen LogP contribution is 2.16. The fourth-order valence-corrected chi connectivity index (χ4v) is 2.24. The Morgan fingerprint density at radius 2 is 1.83 bits per heavy atom. The zero-order chi connectivity index (χ0) is 17.1. The van der Waals surface area contributed by atoms with Crippen LogP contribution in [-0.2, 0) is 9.53 Å². The number of carbonyl (C=O) groups is 2. The molecule has 3 rings (SSSR count). The monoisotopic (exact) mass is 326 g/mol. The topological polar surface area (TPSA) is 71.2 Å². The lowest BCUT2D eigenvalue weighted by Gasteiger charge is -2.13. The van der Waals surface area contributed by atoms with Crippen LogP contribution in [-0.4, -0.2) is 23.0 Å². The molecule has 3 aromatic rings. The second-order valence-electron chi connectivity index (χ2n) is 5.31. The summed E-state index contributed by atoms with van der Waals surface area (Å²) in [6.07, 6.45) is -0.992. The molecule has 0 unspecified atom stereocenters. The first-order chi connectivity index (χ1) is 11.5. The zero-order valence-electron chi connectivity index (χ0n) is 12.9. The molecule has 2 N–H and O–H groups in total. The van der Waals surface area contributed by atoms with Gasteiger partial charge >= 0.3 is 5.97 Å². The van der Waals surface area contributed by atoms with Gasteiger partial charge in [0.05, 0.1) is 0 Å². The Labute approximate surface area is 137 Å². The maximum Gasteiger partial charge on any atom is 0.355 e. The number of hydrogen-bond donors (Lipinski definition) is 2. The third kappa shape index (κ3) is 3.43. The molecule has 0 radical (unpaired) electrons. The zero-order valence-corrected chi connectivity index (χ0v) is 12.9. The summed E-state index contributed by atoms with van der Waals surface area (Å²) in [6.45, 7) is 1.47. The minimum Gasteiger partial charge on any atom is -0.448 e. The summed E-state index contributed by atoms with van der Waals surface area (Å²) in [5.74, 6) is -1.51. The van der Waals surface area contributed by atoms with E-state index in [2.05, 4.69) is 10.3 Å². The highest BCUT2D eigenvalue weighted by atomic mass is 19.1. The van der Waals surface area contributed by atoms with E-state index < -0.39 is 23.8 Å². The standard InChI is InChI=1S/C18H15FN2O3/c1-11(17(22)20-14-8-6-13(19)7-9-14)24-18(23)16-10-12-4-2-3-5-15(12)21-16/h2-11,21H,1H3,(H,20,22)/t11-/m1/s1. The summed E-state index contributed by atoms with van der Waals surface area (Å²) in [5.41, 5.74) is 1.51. The van der Waals surface area contributed by atoms with Crippen LogP contribution in [0.25, 0.3) is 10.9 Å². The van der Waals surface area contributed by atoms with Gasteiger partial charge in [0, 0.05) is 16.6 Å². The first-order valence-corrected chi connectivity index (χ1v) is 7.38. The number of para-hydroxylation sites is 1. The van der Waals surface area contributed by atoms with E-state index in [-0.39, 0.29) is 5.69 Å². The van der Waals surface area contributed by atoms with Gasteiger partial charge in [0.25, 0.3) is 5.91 Å². The number of anilines is 1. The number of aromatic nitrogens is 1. The number of rotatable bonds is 4. The molecule has 6 heteroatoms. The van der Waals surface area contributed by atoms with Crippen LogP contribution in [0.4, 0.5) is 10.1 Å². The third-order valence-corrected chi connectivity index (χ3v) is 3.51. The SMILES string of the molecule is C[C@@H](OC(=O)c1cc2ccccc2[nH]1)C(=O)Nc1ccc(F)cc1. The van der Waals surface area contributed by atoms with Gasteiger partial charge < -0.3 is 15.0 Å². The number of H-pyrrole nitrogens is 1. The Morgan fingerprint density at radius 1 is 1.12 bits per heavy atom. The lowest BCUT2D eigenvalue weighted by Crippen LogP contribution is -2.30. The first-order valence-electron chi connectivity index (χ1n) is 7.38. The van der Waals surface area contributed by atoms with Crippen LogP contribution in [0.15, 0.2) is 54.6 Å². The van der Waals surface area contributed by atoms with Gasteiger partial charge in [-0.15, -0.1) is 0 Å². The fraction of sp³-hybridized carbons (Fsp3) is 0.111. The van der Waals surface area contributed by atoms with Gasteiger partial charge in [0.1, 0.15) is 11.5 Å². The molecule has 0 aliphatic rings. The normalized spacial score (nSPS) is 11.9. The van der Waals surface area contributed by atoms with Crippen LogP contribution < -0.4 is 5.32 Å². The van der Waals surface area contributed by atoms with Crippen molar-refractivity contribution >= 4 is 28.5 Å². The number of benzene rings is 2. The van der Waals surface area contributed by atoms with Crippen molar-refractivity contribution in [1.82, 2.24) is 4.98 Å². The van der Waals surface area contributed by atoms with E-state index >= 15 is 0 Å². The van der Waals surface area contributed by atoms with Crippen molar-refractivity contribution in [3.05, 3.63) is 66.1 Å². The number of esters is 1. The Morgan fingerprint density at radius 3 is 2.54 bits per heavy atom. The molecule has 0 saturated carbocycles.